The highest BCUT2D eigenvalue weighted by molar-refractivity contribution is 6.31. The van der Waals surface area contributed by atoms with Gasteiger partial charge in [0.1, 0.15) is 11.3 Å². The number of halogens is 2. The molecular weight excluding hydrogens is 305 g/mol. The number of hydrogen-bond acceptors (Lipinski definition) is 2. The summed E-state index contributed by atoms with van der Waals surface area (Å²) in [7, 11) is 0. The molecule has 0 saturated heterocycles. The lowest BCUT2D eigenvalue weighted by Crippen LogP contribution is -2.31. The van der Waals surface area contributed by atoms with Crippen molar-refractivity contribution in [1.82, 2.24) is 14.5 Å². The Labute approximate surface area is 135 Å². The summed E-state index contributed by atoms with van der Waals surface area (Å²) in [6.07, 6.45) is 7.47. The van der Waals surface area contributed by atoms with Crippen molar-refractivity contribution in [2.24, 2.45) is 5.41 Å². The molecule has 3 nitrogen and oxygen atoms in total. The number of aryl methyl sites for hydroxylation is 1. The zero-order valence-electron chi connectivity index (χ0n) is 12.6. The minimum absolute atomic E-state index is 0.258. The number of fused-ring (bicyclic) bond motifs is 1. The van der Waals surface area contributed by atoms with Crippen molar-refractivity contribution in [3.05, 3.63) is 23.1 Å². The van der Waals surface area contributed by atoms with Crippen LogP contribution in [0, 0.1) is 5.41 Å². The molecule has 114 valence electrons. The summed E-state index contributed by atoms with van der Waals surface area (Å²) in [4.78, 5) is 9.29. The van der Waals surface area contributed by atoms with Gasteiger partial charge in [-0.25, -0.2) is 9.97 Å². The van der Waals surface area contributed by atoms with Gasteiger partial charge in [0.15, 0.2) is 5.65 Å². The quantitative estimate of drug-likeness (QED) is 0.743. The summed E-state index contributed by atoms with van der Waals surface area (Å²) in [6.45, 7) is 4.70. The van der Waals surface area contributed by atoms with Crippen LogP contribution in [0.3, 0.4) is 0 Å². The van der Waals surface area contributed by atoms with Crippen molar-refractivity contribution < 1.29 is 0 Å². The van der Waals surface area contributed by atoms with Crippen molar-refractivity contribution in [3.63, 3.8) is 0 Å². The Hall–Kier alpha value is -0.800. The minimum Gasteiger partial charge on any atom is -0.309 e. The van der Waals surface area contributed by atoms with Crippen LogP contribution in [0.4, 0.5) is 0 Å². The average Bonchev–Trinajstić information content (AvgIpc) is 2.76. The lowest BCUT2D eigenvalue weighted by molar-refractivity contribution is 0.144. The predicted octanol–water partition coefficient (Wildman–Crippen LogP) is 5.01. The van der Waals surface area contributed by atoms with Crippen LogP contribution in [0.5, 0.6) is 0 Å². The Morgan fingerprint density at radius 3 is 2.90 bits per heavy atom. The summed E-state index contributed by atoms with van der Waals surface area (Å²) in [5.41, 5.74) is 2.08. The van der Waals surface area contributed by atoms with Gasteiger partial charge in [-0.15, -0.1) is 11.6 Å². The average molecular weight is 326 g/mol. The molecule has 0 amide bonds. The lowest BCUT2D eigenvalue weighted by atomic mass is 9.73. The number of rotatable bonds is 3. The molecule has 0 bridgehead atoms. The second kappa shape index (κ2) is 5.77. The van der Waals surface area contributed by atoms with Gasteiger partial charge < -0.3 is 4.57 Å². The van der Waals surface area contributed by atoms with Crippen molar-refractivity contribution in [2.45, 2.75) is 52.0 Å². The number of imidazole rings is 1. The second-order valence-electron chi connectivity index (χ2n) is 6.58. The first-order chi connectivity index (χ1) is 10.0. The van der Waals surface area contributed by atoms with E-state index < -0.39 is 0 Å². The van der Waals surface area contributed by atoms with E-state index in [0.29, 0.717) is 16.9 Å². The van der Waals surface area contributed by atoms with Crippen molar-refractivity contribution in [3.8, 4) is 0 Å². The van der Waals surface area contributed by atoms with E-state index in [-0.39, 0.29) is 5.41 Å². The van der Waals surface area contributed by atoms with E-state index in [4.69, 9.17) is 28.2 Å². The van der Waals surface area contributed by atoms with E-state index in [1.165, 1.54) is 25.7 Å². The Morgan fingerprint density at radius 2 is 2.19 bits per heavy atom. The van der Waals surface area contributed by atoms with Gasteiger partial charge >= 0.3 is 0 Å². The maximum absolute atomic E-state index is 6.06. The minimum atomic E-state index is 0.258. The molecular formula is C16H21Cl2N3. The van der Waals surface area contributed by atoms with Gasteiger partial charge in [0.2, 0.25) is 0 Å². The SMILES string of the molecule is CC1(C)CCCCC1n1c(CCCl)nc2cc(Cl)cnc21. The summed E-state index contributed by atoms with van der Waals surface area (Å²) < 4.78 is 2.33. The van der Waals surface area contributed by atoms with Gasteiger partial charge in [-0.3, -0.25) is 0 Å². The molecule has 0 radical (unpaired) electrons. The molecule has 3 rings (SSSR count). The van der Waals surface area contributed by atoms with Gasteiger partial charge in [0.25, 0.3) is 0 Å². The summed E-state index contributed by atoms with van der Waals surface area (Å²) in [6, 6.07) is 2.33. The fraction of sp³-hybridized carbons (Fsp3) is 0.625. The fourth-order valence-electron chi connectivity index (χ4n) is 3.55. The van der Waals surface area contributed by atoms with Gasteiger partial charge in [0.05, 0.1) is 5.02 Å². The summed E-state index contributed by atoms with van der Waals surface area (Å²) in [5, 5.41) is 0.632. The van der Waals surface area contributed by atoms with E-state index in [2.05, 4.69) is 23.4 Å². The highest BCUT2D eigenvalue weighted by Gasteiger charge is 2.35. The first-order valence-electron chi connectivity index (χ1n) is 7.61. The third kappa shape index (κ3) is 2.78. The Balaban J connectivity index is 2.16. The molecule has 0 spiro atoms. The fourth-order valence-corrected chi connectivity index (χ4v) is 3.87. The van der Waals surface area contributed by atoms with Gasteiger partial charge in [-0.2, -0.15) is 0 Å². The normalized spacial score (nSPS) is 21.8. The molecule has 1 saturated carbocycles. The molecule has 0 aliphatic heterocycles. The molecule has 1 atom stereocenters. The van der Waals surface area contributed by atoms with Gasteiger partial charge in [-0.1, -0.05) is 38.3 Å². The van der Waals surface area contributed by atoms with Crippen LogP contribution in [-0.4, -0.2) is 20.4 Å². The van der Waals surface area contributed by atoms with Crippen LogP contribution in [0.2, 0.25) is 5.02 Å². The monoisotopic (exact) mass is 325 g/mol. The molecule has 1 unspecified atom stereocenters. The first kappa shape index (κ1) is 15.1. The highest BCUT2D eigenvalue weighted by Crippen LogP contribution is 2.45. The van der Waals surface area contributed by atoms with Crippen molar-refractivity contribution in [2.75, 3.05) is 5.88 Å². The number of aromatic nitrogens is 3. The number of hydrogen-bond donors (Lipinski definition) is 0. The standard InChI is InChI=1S/C16H21Cl2N3/c1-16(2)7-4-3-5-13(16)21-14(6-8-17)20-12-9-11(18)10-19-15(12)21/h9-10,13H,3-8H2,1-2H3. The molecule has 5 heteroatoms. The maximum atomic E-state index is 6.06. The van der Waals surface area contributed by atoms with Crippen LogP contribution in [0.25, 0.3) is 11.2 Å². The van der Waals surface area contributed by atoms with E-state index in [9.17, 15) is 0 Å². The predicted molar refractivity (Wildman–Crippen MR) is 88.2 cm³/mol. The van der Waals surface area contributed by atoms with Crippen molar-refractivity contribution >= 4 is 34.4 Å². The molecule has 2 aromatic heterocycles. The topological polar surface area (TPSA) is 30.7 Å². The molecule has 1 fully saturated rings. The van der Waals surface area contributed by atoms with Crippen LogP contribution in [0.1, 0.15) is 51.4 Å². The molecule has 2 heterocycles. The Morgan fingerprint density at radius 1 is 1.38 bits per heavy atom. The van der Waals surface area contributed by atoms with Crippen LogP contribution >= 0.6 is 23.2 Å². The molecule has 0 aromatic carbocycles. The number of nitrogens with zero attached hydrogens (tertiary/aromatic N) is 3. The first-order valence-corrected chi connectivity index (χ1v) is 8.52. The molecule has 2 aromatic rings. The zero-order valence-corrected chi connectivity index (χ0v) is 14.1. The third-order valence-corrected chi connectivity index (χ3v) is 5.05. The number of alkyl halides is 1. The van der Waals surface area contributed by atoms with Gasteiger partial charge in [-0.05, 0) is 24.3 Å². The smallest absolute Gasteiger partial charge is 0.160 e. The lowest BCUT2D eigenvalue weighted by Gasteiger charge is -2.40. The van der Waals surface area contributed by atoms with Crippen LogP contribution in [-0.2, 0) is 6.42 Å². The summed E-state index contributed by atoms with van der Waals surface area (Å²) in [5.74, 6) is 1.61. The van der Waals surface area contributed by atoms with Gasteiger partial charge in [0, 0.05) is 24.5 Å². The van der Waals surface area contributed by atoms with E-state index in [0.717, 1.165) is 23.4 Å². The zero-order chi connectivity index (χ0) is 15.0. The Bertz CT molecular complexity index is 648. The maximum Gasteiger partial charge on any atom is 0.160 e. The van der Waals surface area contributed by atoms with Crippen LogP contribution in [0.15, 0.2) is 12.3 Å². The summed E-state index contributed by atoms with van der Waals surface area (Å²) >= 11 is 12.0. The largest absolute Gasteiger partial charge is 0.309 e. The molecule has 1 aliphatic rings. The molecule has 1 aliphatic carbocycles. The van der Waals surface area contributed by atoms with Crippen molar-refractivity contribution in [1.29, 1.82) is 0 Å². The van der Waals surface area contributed by atoms with Crippen LogP contribution < -0.4 is 0 Å². The molecule has 0 N–H and O–H groups in total. The number of pyridine rings is 1. The molecule has 21 heavy (non-hydrogen) atoms. The third-order valence-electron chi connectivity index (χ3n) is 4.65. The highest BCUT2D eigenvalue weighted by atomic mass is 35.5. The van der Waals surface area contributed by atoms with E-state index in [1.54, 1.807) is 6.20 Å². The second-order valence-corrected chi connectivity index (χ2v) is 7.40. The van der Waals surface area contributed by atoms with E-state index in [1.807, 2.05) is 6.07 Å². The van der Waals surface area contributed by atoms with E-state index >= 15 is 0 Å². The Kier molecular flexibility index (Phi) is 4.15.